The molecule has 0 fully saturated rings. The Kier molecular flexibility index (Phi) is 6.92. The van der Waals surface area contributed by atoms with Crippen LogP contribution in [0.3, 0.4) is 0 Å². The first-order chi connectivity index (χ1) is 16.5. The second kappa shape index (κ2) is 10.4. The van der Waals surface area contributed by atoms with E-state index in [1.807, 2.05) is 0 Å². The molecule has 4 rings (SSSR count). The molecule has 11 heteroatoms. The summed E-state index contributed by atoms with van der Waals surface area (Å²) in [5, 5.41) is 17.8. The molecule has 2 heterocycles. The molecular formula is C23H21FN6O4. The van der Waals surface area contributed by atoms with Gasteiger partial charge < -0.3 is 20.1 Å². The summed E-state index contributed by atoms with van der Waals surface area (Å²) >= 11 is 0. The maximum atomic E-state index is 13.6. The van der Waals surface area contributed by atoms with Crippen molar-refractivity contribution in [3.05, 3.63) is 66.5 Å². The van der Waals surface area contributed by atoms with Crippen LogP contribution in [0.25, 0.3) is 17.0 Å². The average molecular weight is 464 g/mol. The maximum Gasteiger partial charge on any atom is 0.258 e. The van der Waals surface area contributed by atoms with Gasteiger partial charge in [-0.25, -0.2) is 4.39 Å². The minimum atomic E-state index is -0.386. The number of carbonyl (C=O) groups is 2. The van der Waals surface area contributed by atoms with Crippen molar-refractivity contribution in [3.63, 3.8) is 0 Å². The Morgan fingerprint density at radius 2 is 1.85 bits per heavy atom. The molecule has 0 bridgehead atoms. The third-order valence-corrected chi connectivity index (χ3v) is 4.54. The van der Waals surface area contributed by atoms with Crippen molar-refractivity contribution in [1.82, 2.24) is 25.1 Å². The van der Waals surface area contributed by atoms with Gasteiger partial charge in [-0.05, 0) is 42.5 Å². The van der Waals surface area contributed by atoms with Crippen LogP contribution in [-0.4, -0.2) is 51.4 Å². The van der Waals surface area contributed by atoms with Gasteiger partial charge in [-0.2, -0.15) is 4.52 Å². The lowest BCUT2D eigenvalue weighted by molar-refractivity contribution is -0.123. The topological polar surface area (TPSA) is 120 Å². The van der Waals surface area contributed by atoms with E-state index in [9.17, 15) is 14.0 Å². The number of anilines is 1. The van der Waals surface area contributed by atoms with Gasteiger partial charge in [-0.15, -0.1) is 15.3 Å². The summed E-state index contributed by atoms with van der Waals surface area (Å²) in [5.74, 6) is 0.318. The number of benzene rings is 2. The predicted octanol–water partition coefficient (Wildman–Crippen LogP) is 2.46. The Balaban J connectivity index is 1.25. The van der Waals surface area contributed by atoms with Gasteiger partial charge in [0.05, 0.1) is 6.54 Å². The summed E-state index contributed by atoms with van der Waals surface area (Å²) in [6.45, 7) is 1.67. The Labute approximate surface area is 193 Å². The van der Waals surface area contributed by atoms with E-state index < -0.39 is 0 Å². The van der Waals surface area contributed by atoms with Crippen LogP contribution >= 0.6 is 0 Å². The van der Waals surface area contributed by atoms with Crippen LogP contribution in [0.2, 0.25) is 0 Å². The smallest absolute Gasteiger partial charge is 0.258 e. The largest absolute Gasteiger partial charge is 0.484 e. The third-order valence-electron chi connectivity index (χ3n) is 4.54. The summed E-state index contributed by atoms with van der Waals surface area (Å²) in [4.78, 5) is 23.0. The van der Waals surface area contributed by atoms with Crippen molar-refractivity contribution in [3.8, 4) is 23.0 Å². The molecule has 2 aromatic heterocycles. The summed E-state index contributed by atoms with van der Waals surface area (Å²) in [5.41, 5.74) is 1.67. The number of fused-ring (bicyclic) bond motifs is 1. The van der Waals surface area contributed by atoms with Crippen molar-refractivity contribution < 1.29 is 23.5 Å². The maximum absolute atomic E-state index is 13.6. The van der Waals surface area contributed by atoms with E-state index in [4.69, 9.17) is 9.47 Å². The van der Waals surface area contributed by atoms with Crippen molar-refractivity contribution in [2.75, 3.05) is 25.1 Å². The highest BCUT2D eigenvalue weighted by atomic mass is 19.1. The molecule has 4 aromatic rings. The molecule has 0 aliphatic carbocycles. The summed E-state index contributed by atoms with van der Waals surface area (Å²) < 4.78 is 26.1. The molecule has 0 aliphatic rings. The molecule has 174 valence electrons. The summed E-state index contributed by atoms with van der Waals surface area (Å²) in [6, 6.07) is 16.0. The average Bonchev–Trinajstić information content (AvgIpc) is 3.24. The van der Waals surface area contributed by atoms with Crippen molar-refractivity contribution in [2.24, 2.45) is 0 Å². The fourth-order valence-corrected chi connectivity index (χ4v) is 3.04. The Morgan fingerprint density at radius 1 is 1.03 bits per heavy atom. The lowest BCUT2D eigenvalue weighted by Crippen LogP contribution is -2.32. The molecule has 0 saturated carbocycles. The van der Waals surface area contributed by atoms with Crippen LogP contribution in [-0.2, 0) is 9.59 Å². The highest BCUT2D eigenvalue weighted by Gasteiger charge is 2.11. The van der Waals surface area contributed by atoms with Crippen LogP contribution in [0, 0.1) is 5.82 Å². The van der Waals surface area contributed by atoms with Crippen LogP contribution in [0.5, 0.6) is 11.6 Å². The van der Waals surface area contributed by atoms with Crippen molar-refractivity contribution >= 4 is 23.1 Å². The molecular weight excluding hydrogens is 443 g/mol. The zero-order valence-electron chi connectivity index (χ0n) is 18.2. The quantitative estimate of drug-likeness (QED) is 0.365. The van der Waals surface area contributed by atoms with E-state index in [-0.39, 0.29) is 37.4 Å². The summed E-state index contributed by atoms with van der Waals surface area (Å²) in [6.07, 6.45) is 0. The molecule has 10 nitrogen and oxygen atoms in total. The Hall–Kier alpha value is -4.54. The normalized spacial score (nSPS) is 10.6. The zero-order valence-corrected chi connectivity index (χ0v) is 18.2. The van der Waals surface area contributed by atoms with Gasteiger partial charge >= 0.3 is 0 Å². The lowest BCUT2D eigenvalue weighted by atomic mass is 10.2. The van der Waals surface area contributed by atoms with Gasteiger partial charge in [-0.1, -0.05) is 12.1 Å². The van der Waals surface area contributed by atoms with Gasteiger partial charge in [-0.3, -0.25) is 9.59 Å². The van der Waals surface area contributed by atoms with Gasteiger partial charge in [0.2, 0.25) is 11.8 Å². The lowest BCUT2D eigenvalue weighted by Gasteiger charge is -2.09. The zero-order chi connectivity index (χ0) is 23.9. The van der Waals surface area contributed by atoms with E-state index >= 15 is 0 Å². The number of ether oxygens (including phenoxy) is 2. The van der Waals surface area contributed by atoms with Crippen LogP contribution in [0.4, 0.5) is 10.1 Å². The number of amides is 2. The van der Waals surface area contributed by atoms with Crippen molar-refractivity contribution in [1.29, 1.82) is 0 Å². The number of rotatable bonds is 9. The van der Waals surface area contributed by atoms with E-state index in [0.717, 1.165) is 0 Å². The standard InChI is InChI=1S/C23H21FN6O4/c1-15(31)26-18-5-7-19(8-6-18)34-14-21(32)25-11-12-33-22-10-9-20-27-28-23(30(20)29-22)16-3-2-4-17(24)13-16/h2-10,13H,11-12,14H2,1H3,(H,25,32)(H,26,31). The fraction of sp³-hybridized carbons (Fsp3) is 0.174. The van der Waals surface area contributed by atoms with E-state index in [1.165, 1.54) is 23.6 Å². The van der Waals surface area contributed by atoms with Gasteiger partial charge in [0.1, 0.15) is 18.2 Å². The fourth-order valence-electron chi connectivity index (χ4n) is 3.04. The van der Waals surface area contributed by atoms with E-state index in [0.29, 0.717) is 34.4 Å². The molecule has 2 amide bonds. The minimum Gasteiger partial charge on any atom is -0.484 e. The van der Waals surface area contributed by atoms with E-state index in [2.05, 4.69) is 25.9 Å². The second-order valence-corrected chi connectivity index (χ2v) is 7.17. The van der Waals surface area contributed by atoms with Crippen molar-refractivity contribution in [2.45, 2.75) is 6.92 Å². The first-order valence-electron chi connectivity index (χ1n) is 10.4. The van der Waals surface area contributed by atoms with Crippen LogP contribution in [0.15, 0.2) is 60.7 Å². The first kappa shape index (κ1) is 22.6. The van der Waals surface area contributed by atoms with Crippen LogP contribution < -0.4 is 20.1 Å². The predicted molar refractivity (Wildman–Crippen MR) is 121 cm³/mol. The molecule has 0 spiro atoms. The first-order valence-corrected chi connectivity index (χ1v) is 10.4. The molecule has 0 atom stereocenters. The number of aromatic nitrogens is 4. The molecule has 0 aliphatic heterocycles. The number of halogens is 1. The van der Waals surface area contributed by atoms with Gasteiger partial charge in [0.15, 0.2) is 18.1 Å². The van der Waals surface area contributed by atoms with Crippen LogP contribution in [0.1, 0.15) is 6.92 Å². The third kappa shape index (κ3) is 5.82. The Bertz CT molecular complexity index is 1310. The monoisotopic (exact) mass is 464 g/mol. The highest BCUT2D eigenvalue weighted by molar-refractivity contribution is 5.88. The van der Waals surface area contributed by atoms with E-state index in [1.54, 1.807) is 48.5 Å². The van der Waals surface area contributed by atoms with Gasteiger partial charge in [0, 0.05) is 24.2 Å². The molecule has 0 saturated heterocycles. The number of nitrogens with one attached hydrogen (secondary N) is 2. The highest BCUT2D eigenvalue weighted by Crippen LogP contribution is 2.20. The molecule has 0 radical (unpaired) electrons. The molecule has 0 unspecified atom stereocenters. The number of hydrogen-bond donors (Lipinski definition) is 2. The second-order valence-electron chi connectivity index (χ2n) is 7.17. The molecule has 2 aromatic carbocycles. The number of nitrogens with zero attached hydrogens (tertiary/aromatic N) is 4. The summed E-state index contributed by atoms with van der Waals surface area (Å²) in [7, 11) is 0. The molecule has 2 N–H and O–H groups in total. The minimum absolute atomic E-state index is 0.165. The SMILES string of the molecule is CC(=O)Nc1ccc(OCC(=O)NCCOc2ccc3nnc(-c4cccc(F)c4)n3n2)cc1. The van der Waals surface area contributed by atoms with Gasteiger partial charge in [0.25, 0.3) is 5.91 Å². The Morgan fingerprint density at radius 3 is 2.62 bits per heavy atom. The number of carbonyl (C=O) groups excluding carboxylic acids is 2. The molecule has 34 heavy (non-hydrogen) atoms. The number of hydrogen-bond acceptors (Lipinski definition) is 7.